The number of rotatable bonds is 8. The molecule has 2 aromatic carbocycles. The summed E-state index contributed by atoms with van der Waals surface area (Å²) < 4.78 is 26.4. The van der Waals surface area contributed by atoms with Crippen molar-refractivity contribution < 1.29 is 23.5 Å². The summed E-state index contributed by atoms with van der Waals surface area (Å²) in [6, 6.07) is 13.2. The van der Waals surface area contributed by atoms with E-state index in [4.69, 9.17) is 15.2 Å². The number of amides is 2. The summed E-state index contributed by atoms with van der Waals surface area (Å²) in [5, 5.41) is 9.24. The lowest BCUT2D eigenvalue weighted by Gasteiger charge is -2.31. The van der Waals surface area contributed by atoms with Crippen molar-refractivity contribution in [2.45, 2.75) is 64.1 Å². The van der Waals surface area contributed by atoms with Gasteiger partial charge in [-0.15, -0.1) is 0 Å². The van der Waals surface area contributed by atoms with Crippen LogP contribution in [0.4, 0.5) is 9.18 Å². The zero-order valence-electron chi connectivity index (χ0n) is 22.6. The summed E-state index contributed by atoms with van der Waals surface area (Å²) in [4.78, 5) is 28.0. The second-order valence-corrected chi connectivity index (χ2v) is 10.6. The highest BCUT2D eigenvalue weighted by Crippen LogP contribution is 2.28. The molecule has 208 valence electrons. The smallest absolute Gasteiger partial charge is 0.410 e. The Morgan fingerprint density at radius 2 is 1.85 bits per heavy atom. The Labute approximate surface area is 229 Å². The number of hydrogen-bond acceptors (Lipinski definition) is 6. The third-order valence-electron chi connectivity index (χ3n) is 7.36. The number of ether oxygens (including phenoxy) is 2. The van der Waals surface area contributed by atoms with Crippen LogP contribution in [0.2, 0.25) is 0 Å². The van der Waals surface area contributed by atoms with E-state index in [9.17, 15) is 14.9 Å². The van der Waals surface area contributed by atoms with Crippen molar-refractivity contribution in [2.75, 3.05) is 26.2 Å². The van der Waals surface area contributed by atoms with Crippen LogP contribution < -0.4 is 10.5 Å². The lowest BCUT2D eigenvalue weighted by atomic mass is 9.98. The SMILES string of the molecule is CC(C)OC(=O)N1CCC(COc2cccc(-c3ccc(CC(N)C(=O)N4CCC[C@H]4C#N)c(F)c3)c2)CC1. The van der Waals surface area contributed by atoms with Gasteiger partial charge in [0.1, 0.15) is 17.6 Å². The minimum absolute atomic E-state index is 0.0662. The molecule has 0 aromatic heterocycles. The number of nitrogens with zero attached hydrogens (tertiary/aromatic N) is 3. The number of halogens is 1. The molecular formula is C30H37FN4O4. The van der Waals surface area contributed by atoms with Gasteiger partial charge in [0.2, 0.25) is 5.91 Å². The highest BCUT2D eigenvalue weighted by atomic mass is 19.1. The molecule has 0 aliphatic carbocycles. The molecule has 0 spiro atoms. The highest BCUT2D eigenvalue weighted by molar-refractivity contribution is 5.83. The molecule has 2 aliphatic rings. The third kappa shape index (κ3) is 7.27. The first-order chi connectivity index (χ1) is 18.7. The van der Waals surface area contributed by atoms with Crippen LogP contribution in [-0.2, 0) is 16.0 Å². The summed E-state index contributed by atoms with van der Waals surface area (Å²) in [5.74, 6) is 0.296. The summed E-state index contributed by atoms with van der Waals surface area (Å²) in [6.07, 6.45) is 2.79. The van der Waals surface area contributed by atoms with Gasteiger partial charge in [-0.3, -0.25) is 4.79 Å². The molecule has 2 heterocycles. The van der Waals surface area contributed by atoms with Crippen molar-refractivity contribution in [1.82, 2.24) is 9.80 Å². The van der Waals surface area contributed by atoms with Gasteiger partial charge in [0.15, 0.2) is 0 Å². The maximum atomic E-state index is 15.0. The molecule has 9 heteroatoms. The van der Waals surface area contributed by atoms with Crippen molar-refractivity contribution in [3.8, 4) is 22.9 Å². The van der Waals surface area contributed by atoms with Gasteiger partial charge in [0, 0.05) is 19.6 Å². The van der Waals surface area contributed by atoms with Gasteiger partial charge in [-0.1, -0.05) is 24.3 Å². The first-order valence-electron chi connectivity index (χ1n) is 13.7. The van der Waals surface area contributed by atoms with E-state index in [-0.39, 0.29) is 24.5 Å². The van der Waals surface area contributed by atoms with Crippen LogP contribution in [0.5, 0.6) is 5.75 Å². The maximum Gasteiger partial charge on any atom is 0.410 e. The fourth-order valence-electron chi connectivity index (χ4n) is 5.13. The molecule has 39 heavy (non-hydrogen) atoms. The van der Waals surface area contributed by atoms with Crippen LogP contribution in [-0.4, -0.2) is 66.2 Å². The number of likely N-dealkylation sites (tertiary alicyclic amines) is 2. The fourth-order valence-corrected chi connectivity index (χ4v) is 5.13. The van der Waals surface area contributed by atoms with Crippen molar-refractivity contribution >= 4 is 12.0 Å². The molecule has 8 nitrogen and oxygen atoms in total. The van der Waals surface area contributed by atoms with E-state index in [1.165, 1.54) is 11.0 Å². The average Bonchev–Trinajstić information content (AvgIpc) is 3.41. The lowest BCUT2D eigenvalue weighted by molar-refractivity contribution is -0.132. The molecule has 0 radical (unpaired) electrons. The van der Waals surface area contributed by atoms with E-state index in [2.05, 4.69) is 6.07 Å². The van der Waals surface area contributed by atoms with Gasteiger partial charge in [-0.25, -0.2) is 9.18 Å². The molecule has 2 amide bonds. The zero-order chi connectivity index (χ0) is 27.9. The number of nitrogens with two attached hydrogens (primary N) is 1. The first kappa shape index (κ1) is 28.4. The number of carbonyl (C=O) groups is 2. The van der Waals surface area contributed by atoms with E-state index in [0.717, 1.165) is 24.8 Å². The van der Waals surface area contributed by atoms with E-state index in [0.29, 0.717) is 55.5 Å². The number of benzene rings is 2. The van der Waals surface area contributed by atoms with Crippen molar-refractivity contribution in [3.63, 3.8) is 0 Å². The molecule has 4 rings (SSSR count). The summed E-state index contributed by atoms with van der Waals surface area (Å²) in [7, 11) is 0. The highest BCUT2D eigenvalue weighted by Gasteiger charge is 2.32. The topological polar surface area (TPSA) is 109 Å². The molecule has 2 aromatic rings. The normalized spacial score (nSPS) is 18.6. The molecule has 2 saturated heterocycles. The van der Waals surface area contributed by atoms with Gasteiger partial charge in [0.25, 0.3) is 0 Å². The van der Waals surface area contributed by atoms with Crippen molar-refractivity contribution in [3.05, 3.63) is 53.8 Å². The van der Waals surface area contributed by atoms with Gasteiger partial charge in [0.05, 0.1) is 24.8 Å². The first-order valence-corrected chi connectivity index (χ1v) is 13.7. The molecule has 2 N–H and O–H groups in total. The molecule has 1 unspecified atom stereocenters. The van der Waals surface area contributed by atoms with Crippen LogP contribution in [0.25, 0.3) is 11.1 Å². The largest absolute Gasteiger partial charge is 0.493 e. The van der Waals surface area contributed by atoms with Crippen molar-refractivity contribution in [1.29, 1.82) is 5.26 Å². The maximum absolute atomic E-state index is 15.0. The molecule has 2 aliphatic heterocycles. The predicted octanol–water partition coefficient (Wildman–Crippen LogP) is 4.51. The average molecular weight is 537 g/mol. The summed E-state index contributed by atoms with van der Waals surface area (Å²) in [5.41, 5.74) is 7.99. The number of carbonyl (C=O) groups excluding carboxylic acids is 2. The lowest BCUT2D eigenvalue weighted by Crippen LogP contribution is -2.46. The van der Waals surface area contributed by atoms with Crippen LogP contribution in [0.15, 0.2) is 42.5 Å². The molecule has 0 saturated carbocycles. The zero-order valence-corrected chi connectivity index (χ0v) is 22.6. The van der Waals surface area contributed by atoms with Gasteiger partial charge >= 0.3 is 6.09 Å². The molecule has 2 atom stereocenters. The quantitative estimate of drug-likeness (QED) is 0.532. The second kappa shape index (κ2) is 12.9. The van der Waals surface area contributed by atoms with Crippen molar-refractivity contribution in [2.24, 2.45) is 11.7 Å². The van der Waals surface area contributed by atoms with E-state index in [1.54, 1.807) is 11.0 Å². The van der Waals surface area contributed by atoms with Gasteiger partial charge in [-0.2, -0.15) is 5.26 Å². The Hall–Kier alpha value is -3.64. The third-order valence-corrected chi connectivity index (χ3v) is 7.36. The van der Waals surface area contributed by atoms with Crippen LogP contribution in [0.3, 0.4) is 0 Å². The minimum Gasteiger partial charge on any atom is -0.493 e. The number of hydrogen-bond donors (Lipinski definition) is 1. The Bertz CT molecular complexity index is 1210. The molecular weight excluding hydrogens is 499 g/mol. The van der Waals surface area contributed by atoms with E-state index < -0.39 is 17.9 Å². The monoisotopic (exact) mass is 536 g/mol. The molecule has 0 bridgehead atoms. The van der Waals surface area contributed by atoms with Crippen LogP contribution in [0.1, 0.15) is 45.1 Å². The molecule has 2 fully saturated rings. The summed E-state index contributed by atoms with van der Waals surface area (Å²) in [6.45, 7) is 6.04. The van der Waals surface area contributed by atoms with E-state index >= 15 is 4.39 Å². The fraction of sp³-hybridized carbons (Fsp3) is 0.500. The standard InChI is InChI=1S/C30H37FN4O4/c1-20(2)39-30(37)34-13-10-21(11-14-34)19-38-26-7-3-5-22(15-26)23-8-9-24(27(31)16-23)17-28(33)29(36)35-12-4-6-25(35)18-32/h3,5,7-9,15-16,20-21,25,28H,4,6,10-14,17,19,33H2,1-2H3/t25-,28?/m0/s1. The predicted molar refractivity (Wildman–Crippen MR) is 145 cm³/mol. The van der Waals surface area contributed by atoms with Crippen LogP contribution in [0, 0.1) is 23.1 Å². The Morgan fingerprint density at radius 1 is 1.10 bits per heavy atom. The number of piperidine rings is 1. The van der Waals surface area contributed by atoms with E-state index in [1.807, 2.05) is 44.2 Å². The van der Waals surface area contributed by atoms with Crippen LogP contribution >= 0.6 is 0 Å². The Balaban J connectivity index is 1.31. The Kier molecular flexibility index (Phi) is 9.41. The summed E-state index contributed by atoms with van der Waals surface area (Å²) >= 11 is 0. The number of nitriles is 1. The van der Waals surface area contributed by atoms with Gasteiger partial charge < -0.3 is 25.0 Å². The second-order valence-electron chi connectivity index (χ2n) is 10.6. The minimum atomic E-state index is -0.899. The Morgan fingerprint density at radius 3 is 2.54 bits per heavy atom. The van der Waals surface area contributed by atoms with Gasteiger partial charge in [-0.05, 0) is 86.8 Å².